The van der Waals surface area contributed by atoms with E-state index in [0.29, 0.717) is 5.69 Å². The van der Waals surface area contributed by atoms with Gasteiger partial charge in [0, 0.05) is 12.3 Å². The summed E-state index contributed by atoms with van der Waals surface area (Å²) in [6.45, 7) is 5.36. The number of carbonyl (C=O) groups excluding carboxylic acids is 1. The number of Topliss-reactive ketones (excluding diaryl/α,β-unsaturated/α-hetero) is 1. The summed E-state index contributed by atoms with van der Waals surface area (Å²) in [5.41, 5.74) is 1.38. The Bertz CT molecular complexity index is 674. The minimum atomic E-state index is -0.549. The molecule has 1 heterocycles. The Hall–Kier alpha value is -2.50. The molecule has 20 heavy (non-hydrogen) atoms. The Labute approximate surface area is 116 Å². The molecule has 2 aromatic rings. The maximum Gasteiger partial charge on any atom is 0.282 e. The number of nitrogens with zero attached hydrogens (tertiary/aromatic N) is 3. The predicted octanol–water partition coefficient (Wildman–Crippen LogP) is 3.11. The highest BCUT2D eigenvalue weighted by molar-refractivity contribution is 5.98. The molecule has 0 radical (unpaired) electrons. The molecule has 2 rings (SSSR count). The summed E-state index contributed by atoms with van der Waals surface area (Å²) in [5, 5.41) is 15.4. The Morgan fingerprint density at radius 1 is 1.35 bits per heavy atom. The van der Waals surface area contributed by atoms with Crippen LogP contribution >= 0.6 is 0 Å². The SMILES string of the molecule is CC(=O)c1ccc(-n2ccc(C(C)C)n2)cc1[N+](=O)[O-]. The Balaban J connectivity index is 2.50. The second kappa shape index (κ2) is 5.24. The molecule has 6 heteroatoms. The van der Waals surface area contributed by atoms with E-state index in [9.17, 15) is 14.9 Å². The smallest absolute Gasteiger partial charge is 0.282 e. The first-order valence-electron chi connectivity index (χ1n) is 6.25. The van der Waals surface area contributed by atoms with E-state index in [1.165, 1.54) is 19.1 Å². The van der Waals surface area contributed by atoms with Crippen LogP contribution in [0, 0.1) is 10.1 Å². The van der Waals surface area contributed by atoms with Gasteiger partial charge < -0.3 is 0 Å². The molecule has 0 spiro atoms. The number of nitro groups is 1. The van der Waals surface area contributed by atoms with Gasteiger partial charge in [-0.1, -0.05) is 13.8 Å². The van der Waals surface area contributed by atoms with Gasteiger partial charge in [-0.05, 0) is 31.0 Å². The fraction of sp³-hybridized carbons (Fsp3) is 0.286. The maximum atomic E-state index is 11.4. The van der Waals surface area contributed by atoms with Crippen LogP contribution in [0.5, 0.6) is 0 Å². The third kappa shape index (κ3) is 2.59. The molecule has 1 aromatic carbocycles. The average Bonchev–Trinajstić information content (AvgIpc) is 2.87. The quantitative estimate of drug-likeness (QED) is 0.487. The standard InChI is InChI=1S/C14H15N3O3/c1-9(2)13-6-7-16(15-13)11-4-5-12(10(3)18)14(8-11)17(19)20/h4-9H,1-3H3. The minimum Gasteiger partial charge on any atom is -0.294 e. The van der Waals surface area contributed by atoms with Gasteiger partial charge in [0.15, 0.2) is 5.78 Å². The van der Waals surface area contributed by atoms with Crippen LogP contribution < -0.4 is 0 Å². The van der Waals surface area contributed by atoms with Crippen LogP contribution in [0.15, 0.2) is 30.5 Å². The fourth-order valence-corrected chi connectivity index (χ4v) is 1.90. The molecule has 0 bridgehead atoms. The zero-order chi connectivity index (χ0) is 14.9. The molecular weight excluding hydrogens is 258 g/mol. The summed E-state index contributed by atoms with van der Waals surface area (Å²) in [7, 11) is 0. The first kappa shape index (κ1) is 13.9. The lowest BCUT2D eigenvalue weighted by Crippen LogP contribution is -2.03. The van der Waals surface area contributed by atoms with Crippen LogP contribution in [0.2, 0.25) is 0 Å². The Morgan fingerprint density at radius 2 is 2.05 bits per heavy atom. The van der Waals surface area contributed by atoms with Crippen molar-refractivity contribution in [2.45, 2.75) is 26.7 Å². The number of ketones is 1. The molecule has 0 aliphatic rings. The van der Waals surface area contributed by atoms with Crippen LogP contribution in [0.3, 0.4) is 0 Å². The molecule has 0 amide bonds. The van der Waals surface area contributed by atoms with Gasteiger partial charge in [0.05, 0.1) is 21.9 Å². The zero-order valence-electron chi connectivity index (χ0n) is 11.5. The van der Waals surface area contributed by atoms with Crippen LogP contribution in [-0.2, 0) is 0 Å². The van der Waals surface area contributed by atoms with Gasteiger partial charge in [0.25, 0.3) is 5.69 Å². The highest BCUT2D eigenvalue weighted by atomic mass is 16.6. The van der Waals surface area contributed by atoms with Gasteiger partial charge in [-0.3, -0.25) is 14.9 Å². The lowest BCUT2D eigenvalue weighted by atomic mass is 10.1. The van der Waals surface area contributed by atoms with Crippen LogP contribution in [0.1, 0.15) is 42.7 Å². The van der Waals surface area contributed by atoms with Crippen molar-refractivity contribution in [1.29, 1.82) is 0 Å². The largest absolute Gasteiger partial charge is 0.294 e. The van der Waals surface area contributed by atoms with E-state index >= 15 is 0 Å². The van der Waals surface area contributed by atoms with Crippen molar-refractivity contribution in [1.82, 2.24) is 9.78 Å². The molecule has 0 saturated heterocycles. The lowest BCUT2D eigenvalue weighted by molar-refractivity contribution is -0.385. The Morgan fingerprint density at radius 3 is 2.55 bits per heavy atom. The molecule has 104 valence electrons. The normalized spacial score (nSPS) is 10.8. The Kier molecular flexibility index (Phi) is 3.65. The number of hydrogen-bond donors (Lipinski definition) is 0. The predicted molar refractivity (Wildman–Crippen MR) is 74.3 cm³/mol. The second-order valence-corrected chi connectivity index (χ2v) is 4.85. The van der Waals surface area contributed by atoms with Gasteiger partial charge in [0.2, 0.25) is 0 Å². The van der Waals surface area contributed by atoms with E-state index in [1.807, 2.05) is 19.9 Å². The molecule has 0 N–H and O–H groups in total. The molecule has 0 aliphatic heterocycles. The molecule has 0 aliphatic carbocycles. The second-order valence-electron chi connectivity index (χ2n) is 4.85. The van der Waals surface area contributed by atoms with E-state index in [-0.39, 0.29) is 23.0 Å². The van der Waals surface area contributed by atoms with Crippen molar-refractivity contribution in [3.8, 4) is 5.69 Å². The van der Waals surface area contributed by atoms with Crippen molar-refractivity contribution >= 4 is 11.5 Å². The van der Waals surface area contributed by atoms with Crippen LogP contribution in [0.4, 0.5) is 5.69 Å². The van der Waals surface area contributed by atoms with Gasteiger partial charge in [0.1, 0.15) is 0 Å². The van der Waals surface area contributed by atoms with Crippen molar-refractivity contribution in [3.05, 3.63) is 51.8 Å². The van der Waals surface area contributed by atoms with Gasteiger partial charge >= 0.3 is 0 Å². The number of nitro benzene ring substituents is 1. The first-order valence-corrected chi connectivity index (χ1v) is 6.25. The van der Waals surface area contributed by atoms with Crippen molar-refractivity contribution in [2.24, 2.45) is 0 Å². The molecule has 0 atom stereocenters. The van der Waals surface area contributed by atoms with Gasteiger partial charge in [-0.2, -0.15) is 5.10 Å². The molecule has 0 saturated carbocycles. The third-order valence-electron chi connectivity index (χ3n) is 3.02. The van der Waals surface area contributed by atoms with Crippen molar-refractivity contribution < 1.29 is 9.72 Å². The van der Waals surface area contributed by atoms with E-state index in [1.54, 1.807) is 16.9 Å². The van der Waals surface area contributed by atoms with Crippen molar-refractivity contribution in [3.63, 3.8) is 0 Å². The molecular formula is C14H15N3O3. The van der Waals surface area contributed by atoms with Gasteiger partial charge in [-0.25, -0.2) is 4.68 Å². The summed E-state index contributed by atoms with van der Waals surface area (Å²) in [4.78, 5) is 21.9. The fourth-order valence-electron chi connectivity index (χ4n) is 1.90. The third-order valence-corrected chi connectivity index (χ3v) is 3.02. The van der Waals surface area contributed by atoms with E-state index in [2.05, 4.69) is 5.10 Å². The summed E-state index contributed by atoms with van der Waals surface area (Å²) < 4.78 is 1.58. The van der Waals surface area contributed by atoms with Gasteiger partial charge in [-0.15, -0.1) is 0 Å². The number of hydrogen-bond acceptors (Lipinski definition) is 4. The minimum absolute atomic E-state index is 0.106. The molecule has 1 aromatic heterocycles. The summed E-state index contributed by atoms with van der Waals surface area (Å²) in [5.74, 6) is -0.0469. The monoisotopic (exact) mass is 273 g/mol. The summed E-state index contributed by atoms with van der Waals surface area (Å²) >= 11 is 0. The average molecular weight is 273 g/mol. The molecule has 0 fully saturated rings. The summed E-state index contributed by atoms with van der Waals surface area (Å²) in [6, 6.07) is 6.36. The molecule has 0 unspecified atom stereocenters. The van der Waals surface area contributed by atoms with E-state index in [4.69, 9.17) is 0 Å². The van der Waals surface area contributed by atoms with Crippen molar-refractivity contribution in [2.75, 3.05) is 0 Å². The maximum absolute atomic E-state index is 11.4. The zero-order valence-corrected chi connectivity index (χ0v) is 11.5. The van der Waals surface area contributed by atoms with E-state index in [0.717, 1.165) is 5.69 Å². The number of rotatable bonds is 4. The molecule has 6 nitrogen and oxygen atoms in total. The number of benzene rings is 1. The topological polar surface area (TPSA) is 78.0 Å². The number of aromatic nitrogens is 2. The number of carbonyl (C=O) groups is 1. The van der Waals surface area contributed by atoms with E-state index < -0.39 is 4.92 Å². The lowest BCUT2D eigenvalue weighted by Gasteiger charge is -2.04. The first-order chi connectivity index (χ1) is 9.40. The summed E-state index contributed by atoms with van der Waals surface area (Å²) in [6.07, 6.45) is 1.75. The highest BCUT2D eigenvalue weighted by Crippen LogP contribution is 2.23. The highest BCUT2D eigenvalue weighted by Gasteiger charge is 2.18. The van der Waals surface area contributed by atoms with Crippen LogP contribution in [-0.4, -0.2) is 20.5 Å². The van der Waals surface area contributed by atoms with Crippen LogP contribution in [0.25, 0.3) is 5.69 Å².